The highest BCUT2D eigenvalue weighted by Crippen LogP contribution is 2.23. The number of nitrogens with zero attached hydrogens (tertiary/aromatic N) is 5. The van der Waals surface area contributed by atoms with Crippen molar-refractivity contribution in [3.8, 4) is 0 Å². The number of halogens is 2. The molecule has 0 aliphatic carbocycles. The van der Waals surface area contributed by atoms with Gasteiger partial charge in [0.05, 0.1) is 12.7 Å². The number of nitrogens with one attached hydrogen (secondary N) is 1. The summed E-state index contributed by atoms with van der Waals surface area (Å²) in [5.74, 6) is 1.18. The molecule has 0 saturated heterocycles. The van der Waals surface area contributed by atoms with E-state index in [1.807, 2.05) is 20.8 Å². The lowest BCUT2D eigenvalue weighted by Gasteiger charge is -2.13. The second-order valence-corrected chi connectivity index (χ2v) is 6.07. The SMILES string of the molecule is CC(C)(C)c1cnc(CNc2ccc3nnc(C(F)F)n3n2)o1. The number of alkyl halides is 2. The van der Waals surface area contributed by atoms with Gasteiger partial charge in [0, 0.05) is 5.41 Å². The van der Waals surface area contributed by atoms with Crippen molar-refractivity contribution < 1.29 is 13.2 Å². The van der Waals surface area contributed by atoms with E-state index >= 15 is 0 Å². The molecule has 0 unspecified atom stereocenters. The molecule has 0 spiro atoms. The summed E-state index contributed by atoms with van der Waals surface area (Å²) in [6.45, 7) is 6.37. The van der Waals surface area contributed by atoms with E-state index in [1.165, 1.54) is 0 Å². The molecule has 7 nitrogen and oxygen atoms in total. The molecular formula is C14H16F2N6O. The zero-order valence-electron chi connectivity index (χ0n) is 12.9. The van der Waals surface area contributed by atoms with Crippen molar-refractivity contribution in [3.05, 3.63) is 35.8 Å². The fraction of sp³-hybridized carbons (Fsp3) is 0.429. The van der Waals surface area contributed by atoms with Gasteiger partial charge in [-0.25, -0.2) is 13.8 Å². The molecule has 3 rings (SSSR count). The van der Waals surface area contributed by atoms with Gasteiger partial charge < -0.3 is 9.73 Å². The summed E-state index contributed by atoms with van der Waals surface area (Å²) in [5, 5.41) is 14.1. The van der Waals surface area contributed by atoms with E-state index in [-0.39, 0.29) is 11.1 Å². The van der Waals surface area contributed by atoms with Crippen LogP contribution in [-0.2, 0) is 12.0 Å². The highest BCUT2D eigenvalue weighted by molar-refractivity contribution is 5.44. The number of rotatable bonds is 4. The van der Waals surface area contributed by atoms with E-state index in [4.69, 9.17) is 4.42 Å². The maximum atomic E-state index is 12.8. The van der Waals surface area contributed by atoms with E-state index in [0.717, 1.165) is 10.3 Å². The van der Waals surface area contributed by atoms with E-state index in [9.17, 15) is 8.78 Å². The van der Waals surface area contributed by atoms with Crippen LogP contribution in [0.4, 0.5) is 14.6 Å². The van der Waals surface area contributed by atoms with Crippen LogP contribution in [0.1, 0.15) is 44.7 Å². The summed E-state index contributed by atoms with van der Waals surface area (Å²) < 4.78 is 32.3. The lowest BCUT2D eigenvalue weighted by atomic mass is 9.94. The maximum Gasteiger partial charge on any atom is 0.299 e. The minimum Gasteiger partial charge on any atom is -0.443 e. The minimum atomic E-state index is -2.74. The zero-order valence-corrected chi connectivity index (χ0v) is 12.9. The van der Waals surface area contributed by atoms with E-state index in [0.29, 0.717) is 18.3 Å². The lowest BCUT2D eigenvalue weighted by Crippen LogP contribution is -2.09. The number of aromatic nitrogens is 5. The first kappa shape index (κ1) is 15.3. The van der Waals surface area contributed by atoms with Crippen molar-refractivity contribution >= 4 is 11.5 Å². The van der Waals surface area contributed by atoms with Crippen molar-refractivity contribution in [2.24, 2.45) is 0 Å². The number of oxazole rings is 1. The Morgan fingerprint density at radius 3 is 2.70 bits per heavy atom. The molecule has 0 radical (unpaired) electrons. The predicted octanol–water partition coefficient (Wildman–Crippen LogP) is 2.96. The van der Waals surface area contributed by atoms with E-state index in [2.05, 4.69) is 25.6 Å². The third kappa shape index (κ3) is 3.13. The average molecular weight is 322 g/mol. The fourth-order valence-electron chi connectivity index (χ4n) is 1.94. The fourth-order valence-corrected chi connectivity index (χ4v) is 1.94. The highest BCUT2D eigenvalue weighted by Gasteiger charge is 2.19. The van der Waals surface area contributed by atoms with Gasteiger partial charge in [0.2, 0.25) is 11.7 Å². The van der Waals surface area contributed by atoms with E-state index in [1.54, 1.807) is 18.3 Å². The third-order valence-corrected chi connectivity index (χ3v) is 3.20. The summed E-state index contributed by atoms with van der Waals surface area (Å²) >= 11 is 0. The first-order valence-electron chi connectivity index (χ1n) is 7.04. The van der Waals surface area contributed by atoms with Crippen molar-refractivity contribution in [1.82, 2.24) is 24.8 Å². The summed E-state index contributed by atoms with van der Waals surface area (Å²) in [6.07, 6.45) is -1.06. The molecule has 23 heavy (non-hydrogen) atoms. The Morgan fingerprint density at radius 2 is 2.04 bits per heavy atom. The largest absolute Gasteiger partial charge is 0.443 e. The Morgan fingerprint density at radius 1 is 1.26 bits per heavy atom. The second-order valence-electron chi connectivity index (χ2n) is 6.07. The van der Waals surface area contributed by atoms with Gasteiger partial charge in [0.1, 0.15) is 11.6 Å². The molecule has 3 aromatic heterocycles. The van der Waals surface area contributed by atoms with Gasteiger partial charge in [-0.1, -0.05) is 20.8 Å². The monoisotopic (exact) mass is 322 g/mol. The van der Waals surface area contributed by atoms with Crippen LogP contribution in [-0.4, -0.2) is 24.8 Å². The molecule has 122 valence electrons. The van der Waals surface area contributed by atoms with Gasteiger partial charge in [0.25, 0.3) is 6.43 Å². The molecule has 0 aromatic carbocycles. The molecule has 0 aliphatic rings. The van der Waals surface area contributed by atoms with Crippen LogP contribution in [0.15, 0.2) is 22.7 Å². The first-order chi connectivity index (χ1) is 10.8. The summed E-state index contributed by atoms with van der Waals surface area (Å²) in [7, 11) is 0. The molecule has 0 saturated carbocycles. The Labute approximate surface area is 130 Å². The average Bonchev–Trinajstić information content (AvgIpc) is 3.11. The summed E-state index contributed by atoms with van der Waals surface area (Å²) in [5.41, 5.74) is 0.133. The molecule has 0 aliphatic heterocycles. The van der Waals surface area contributed by atoms with Gasteiger partial charge >= 0.3 is 0 Å². The van der Waals surface area contributed by atoms with Crippen molar-refractivity contribution in [2.45, 2.75) is 39.2 Å². The molecule has 0 fully saturated rings. The van der Waals surface area contributed by atoms with Crippen molar-refractivity contribution in [2.75, 3.05) is 5.32 Å². The van der Waals surface area contributed by atoms with Gasteiger partial charge in [-0.05, 0) is 12.1 Å². The van der Waals surface area contributed by atoms with Gasteiger partial charge in [0.15, 0.2) is 5.65 Å². The Balaban J connectivity index is 1.76. The molecule has 9 heteroatoms. The standard InChI is InChI=1S/C14H16F2N6O/c1-14(2,3)8-6-18-11(23-8)7-17-9-4-5-10-19-20-13(12(15)16)22(10)21-9/h4-6,12H,7H2,1-3H3,(H,17,21). The predicted molar refractivity (Wildman–Crippen MR) is 78.3 cm³/mol. The van der Waals surface area contributed by atoms with Gasteiger partial charge in [-0.3, -0.25) is 0 Å². The molecule has 3 aromatic rings. The topological polar surface area (TPSA) is 81.1 Å². The van der Waals surface area contributed by atoms with E-state index < -0.39 is 12.2 Å². The van der Waals surface area contributed by atoms with Crippen LogP contribution in [0.5, 0.6) is 0 Å². The third-order valence-electron chi connectivity index (χ3n) is 3.20. The molecule has 0 bridgehead atoms. The molecule has 1 N–H and O–H groups in total. The number of fused-ring (bicyclic) bond motifs is 1. The number of hydrogen-bond acceptors (Lipinski definition) is 6. The zero-order chi connectivity index (χ0) is 16.6. The molecular weight excluding hydrogens is 306 g/mol. The Bertz CT molecular complexity index is 820. The maximum absolute atomic E-state index is 12.8. The Hall–Kier alpha value is -2.58. The van der Waals surface area contributed by atoms with Crippen LogP contribution in [0, 0.1) is 0 Å². The van der Waals surface area contributed by atoms with Gasteiger partial charge in [-0.2, -0.15) is 4.52 Å². The molecule has 0 atom stereocenters. The number of hydrogen-bond donors (Lipinski definition) is 1. The molecule has 0 amide bonds. The minimum absolute atomic E-state index is 0.128. The number of anilines is 1. The second kappa shape index (κ2) is 5.56. The van der Waals surface area contributed by atoms with Crippen LogP contribution >= 0.6 is 0 Å². The van der Waals surface area contributed by atoms with Gasteiger partial charge in [-0.15, -0.1) is 15.3 Å². The normalized spacial score (nSPS) is 12.3. The Kier molecular flexibility index (Phi) is 3.70. The van der Waals surface area contributed by atoms with Crippen molar-refractivity contribution in [3.63, 3.8) is 0 Å². The summed E-state index contributed by atoms with van der Waals surface area (Å²) in [6, 6.07) is 3.19. The summed E-state index contributed by atoms with van der Waals surface area (Å²) in [4.78, 5) is 4.19. The van der Waals surface area contributed by atoms with Crippen LogP contribution in [0.25, 0.3) is 5.65 Å². The first-order valence-corrected chi connectivity index (χ1v) is 7.04. The molecule has 3 heterocycles. The highest BCUT2D eigenvalue weighted by atomic mass is 19.3. The lowest BCUT2D eigenvalue weighted by molar-refractivity contribution is 0.137. The van der Waals surface area contributed by atoms with Crippen molar-refractivity contribution in [1.29, 1.82) is 0 Å². The van der Waals surface area contributed by atoms with Crippen LogP contribution in [0.3, 0.4) is 0 Å². The quantitative estimate of drug-likeness (QED) is 0.795. The van der Waals surface area contributed by atoms with Crippen LogP contribution < -0.4 is 5.32 Å². The smallest absolute Gasteiger partial charge is 0.299 e. The van der Waals surface area contributed by atoms with Crippen LogP contribution in [0.2, 0.25) is 0 Å².